The maximum Gasteiger partial charge on any atom is 0.326 e. The number of aliphatic imine (C=N–C) groups is 1. The minimum atomic E-state index is -1.15. The molecule has 38 heavy (non-hydrogen) atoms. The van der Waals surface area contributed by atoms with Crippen molar-refractivity contribution in [3.05, 3.63) is 35.9 Å². The van der Waals surface area contributed by atoms with Crippen LogP contribution >= 0.6 is 0 Å². The van der Waals surface area contributed by atoms with Crippen LogP contribution in [-0.2, 0) is 25.6 Å². The number of rotatable bonds is 14. The summed E-state index contributed by atoms with van der Waals surface area (Å²) >= 11 is 0. The summed E-state index contributed by atoms with van der Waals surface area (Å²) in [5, 5.41) is 14.9. The zero-order valence-electron chi connectivity index (χ0n) is 22.1. The van der Waals surface area contributed by atoms with Crippen molar-refractivity contribution in [2.75, 3.05) is 13.1 Å². The lowest BCUT2D eigenvalue weighted by Crippen LogP contribution is -2.57. The highest BCUT2D eigenvalue weighted by Gasteiger charge is 2.38. The van der Waals surface area contributed by atoms with E-state index in [0.29, 0.717) is 38.6 Å². The van der Waals surface area contributed by atoms with Crippen molar-refractivity contribution >= 4 is 29.7 Å². The van der Waals surface area contributed by atoms with Gasteiger partial charge in [0.15, 0.2) is 5.96 Å². The van der Waals surface area contributed by atoms with Crippen LogP contribution in [0.2, 0.25) is 0 Å². The van der Waals surface area contributed by atoms with Crippen molar-refractivity contribution in [3.63, 3.8) is 0 Å². The molecular formula is C26H41N7O5. The molecule has 12 heteroatoms. The molecule has 0 aromatic heterocycles. The maximum atomic E-state index is 13.3. The number of hydrogen-bond acceptors (Lipinski definition) is 6. The van der Waals surface area contributed by atoms with Gasteiger partial charge in [0.25, 0.3) is 0 Å². The van der Waals surface area contributed by atoms with E-state index in [4.69, 9.17) is 17.2 Å². The number of amides is 3. The minimum Gasteiger partial charge on any atom is -0.480 e. The summed E-state index contributed by atoms with van der Waals surface area (Å²) in [5.41, 5.74) is 17.8. The van der Waals surface area contributed by atoms with E-state index in [0.717, 1.165) is 5.56 Å². The van der Waals surface area contributed by atoms with Crippen LogP contribution in [0.25, 0.3) is 0 Å². The van der Waals surface area contributed by atoms with Crippen LogP contribution in [0.15, 0.2) is 35.3 Å². The molecular weight excluding hydrogens is 490 g/mol. The fourth-order valence-corrected chi connectivity index (χ4v) is 4.45. The average molecular weight is 532 g/mol. The second-order valence-corrected chi connectivity index (χ2v) is 9.71. The number of aliphatic carboxylic acids is 1. The Morgan fingerprint density at radius 2 is 1.84 bits per heavy atom. The Morgan fingerprint density at radius 1 is 1.16 bits per heavy atom. The Balaban J connectivity index is 2.12. The summed E-state index contributed by atoms with van der Waals surface area (Å²) in [5.74, 6) is -3.00. The van der Waals surface area contributed by atoms with Crippen molar-refractivity contribution in [3.8, 4) is 0 Å². The number of guanidine groups is 1. The number of carboxylic acid groups (broad SMARTS) is 1. The number of carbonyl (C=O) groups excluding carboxylic acids is 3. The largest absolute Gasteiger partial charge is 0.480 e. The zero-order valence-corrected chi connectivity index (χ0v) is 22.1. The van der Waals surface area contributed by atoms with Gasteiger partial charge in [-0.05, 0) is 43.6 Å². The Bertz CT molecular complexity index is 983. The molecule has 0 radical (unpaired) electrons. The highest BCUT2D eigenvalue weighted by Crippen LogP contribution is 2.20. The molecule has 5 atom stereocenters. The molecule has 12 nitrogen and oxygen atoms in total. The number of carbonyl (C=O) groups is 4. The van der Waals surface area contributed by atoms with Crippen LogP contribution in [0.1, 0.15) is 51.5 Å². The third-order valence-electron chi connectivity index (χ3n) is 6.81. The zero-order chi connectivity index (χ0) is 28.2. The van der Waals surface area contributed by atoms with Crippen LogP contribution in [0, 0.1) is 5.92 Å². The number of hydrogen-bond donors (Lipinski definition) is 6. The minimum absolute atomic E-state index is 0.0929. The summed E-state index contributed by atoms with van der Waals surface area (Å²) in [4.78, 5) is 56.6. The smallest absolute Gasteiger partial charge is 0.326 e. The van der Waals surface area contributed by atoms with Gasteiger partial charge >= 0.3 is 5.97 Å². The van der Waals surface area contributed by atoms with E-state index in [9.17, 15) is 24.3 Å². The summed E-state index contributed by atoms with van der Waals surface area (Å²) in [6.07, 6.45) is 2.48. The standard InChI is InChI=1S/C26H41N7O5/c1-3-16(2)21(25(37)38)32-22(34)19(11-7-13-30-26(28)29)31-23(35)20-12-8-14-33(20)24(36)18(27)15-17-9-5-4-6-10-17/h4-6,9-10,16,18-21H,3,7-8,11-15,27H2,1-2H3,(H,31,35)(H,32,34)(H,37,38)(H4,28,29,30). The quantitative estimate of drug-likeness (QED) is 0.106. The second-order valence-electron chi connectivity index (χ2n) is 9.71. The van der Waals surface area contributed by atoms with E-state index in [1.807, 2.05) is 37.3 Å². The van der Waals surface area contributed by atoms with Gasteiger partial charge in [-0.15, -0.1) is 0 Å². The molecule has 1 aliphatic rings. The van der Waals surface area contributed by atoms with Gasteiger partial charge in [0.1, 0.15) is 18.1 Å². The highest BCUT2D eigenvalue weighted by atomic mass is 16.4. The van der Waals surface area contributed by atoms with Crippen molar-refractivity contribution in [1.82, 2.24) is 15.5 Å². The van der Waals surface area contributed by atoms with Gasteiger partial charge < -0.3 is 37.8 Å². The van der Waals surface area contributed by atoms with Gasteiger partial charge in [-0.1, -0.05) is 50.6 Å². The van der Waals surface area contributed by atoms with Gasteiger partial charge in [-0.3, -0.25) is 19.4 Å². The molecule has 1 aromatic rings. The molecule has 0 spiro atoms. The Morgan fingerprint density at radius 3 is 2.45 bits per heavy atom. The predicted octanol–water partition coefficient (Wildman–Crippen LogP) is -0.299. The average Bonchev–Trinajstić information content (AvgIpc) is 3.38. The third-order valence-corrected chi connectivity index (χ3v) is 6.81. The fourth-order valence-electron chi connectivity index (χ4n) is 4.45. The molecule has 1 aliphatic heterocycles. The van der Waals surface area contributed by atoms with Crippen LogP contribution in [0.4, 0.5) is 0 Å². The van der Waals surface area contributed by atoms with E-state index in [1.165, 1.54) is 4.90 Å². The summed E-state index contributed by atoms with van der Waals surface area (Å²) in [6, 6.07) is 5.67. The predicted molar refractivity (Wildman–Crippen MR) is 144 cm³/mol. The first kappa shape index (κ1) is 30.6. The van der Waals surface area contributed by atoms with E-state index >= 15 is 0 Å². The molecule has 1 saturated heterocycles. The molecule has 2 rings (SSSR count). The first-order valence-corrected chi connectivity index (χ1v) is 13.0. The van der Waals surface area contributed by atoms with E-state index in [-0.39, 0.29) is 30.8 Å². The summed E-state index contributed by atoms with van der Waals surface area (Å²) < 4.78 is 0. The van der Waals surface area contributed by atoms with Crippen molar-refractivity contribution in [2.24, 2.45) is 28.1 Å². The number of nitrogens with two attached hydrogens (primary N) is 3. The van der Waals surface area contributed by atoms with Gasteiger partial charge in [-0.2, -0.15) is 0 Å². The number of carboxylic acids is 1. The maximum absolute atomic E-state index is 13.3. The Hall–Kier alpha value is -3.67. The molecule has 0 aliphatic carbocycles. The van der Waals surface area contributed by atoms with Gasteiger partial charge in [0.2, 0.25) is 17.7 Å². The van der Waals surface area contributed by atoms with E-state index in [2.05, 4.69) is 15.6 Å². The van der Waals surface area contributed by atoms with Crippen LogP contribution < -0.4 is 27.8 Å². The Labute approximate surface area is 223 Å². The molecule has 0 bridgehead atoms. The molecule has 9 N–H and O–H groups in total. The third kappa shape index (κ3) is 9.02. The first-order chi connectivity index (χ1) is 18.0. The molecule has 3 amide bonds. The van der Waals surface area contributed by atoms with Crippen LogP contribution in [-0.4, -0.2) is 76.9 Å². The SMILES string of the molecule is CCC(C)C(NC(=O)C(CCCN=C(N)N)NC(=O)C1CCCN1C(=O)C(N)Cc1ccccc1)C(=O)O. The second kappa shape index (κ2) is 14.9. The van der Waals surface area contributed by atoms with Gasteiger partial charge in [0, 0.05) is 13.1 Å². The van der Waals surface area contributed by atoms with Crippen molar-refractivity contribution < 1.29 is 24.3 Å². The highest BCUT2D eigenvalue weighted by molar-refractivity contribution is 5.94. The lowest BCUT2D eigenvalue weighted by molar-refractivity contribution is -0.144. The summed E-state index contributed by atoms with van der Waals surface area (Å²) in [7, 11) is 0. The lowest BCUT2D eigenvalue weighted by atomic mass is 9.98. The van der Waals surface area contributed by atoms with Crippen molar-refractivity contribution in [1.29, 1.82) is 0 Å². The lowest BCUT2D eigenvalue weighted by Gasteiger charge is -2.29. The van der Waals surface area contributed by atoms with Crippen LogP contribution in [0.3, 0.4) is 0 Å². The number of likely N-dealkylation sites (tertiary alicyclic amines) is 1. The molecule has 210 valence electrons. The molecule has 0 saturated carbocycles. The first-order valence-electron chi connectivity index (χ1n) is 13.0. The molecule has 1 fully saturated rings. The van der Waals surface area contributed by atoms with Crippen molar-refractivity contribution in [2.45, 2.75) is 76.5 Å². The van der Waals surface area contributed by atoms with Crippen LogP contribution in [0.5, 0.6) is 0 Å². The summed E-state index contributed by atoms with van der Waals surface area (Å²) in [6.45, 7) is 4.18. The van der Waals surface area contributed by atoms with E-state index in [1.54, 1.807) is 6.92 Å². The Kier molecular flexibility index (Phi) is 12.0. The number of benzene rings is 1. The van der Waals surface area contributed by atoms with Gasteiger partial charge in [-0.25, -0.2) is 4.79 Å². The fraction of sp³-hybridized carbons (Fsp3) is 0.577. The molecule has 5 unspecified atom stereocenters. The monoisotopic (exact) mass is 531 g/mol. The topological polar surface area (TPSA) is 206 Å². The molecule has 1 heterocycles. The normalized spacial score (nSPS) is 18.1. The molecule has 1 aromatic carbocycles. The number of nitrogens with one attached hydrogen (secondary N) is 2. The number of nitrogens with zero attached hydrogens (tertiary/aromatic N) is 2. The van der Waals surface area contributed by atoms with Gasteiger partial charge in [0.05, 0.1) is 6.04 Å². The van der Waals surface area contributed by atoms with E-state index < -0.39 is 42.0 Å².